The van der Waals surface area contributed by atoms with Crippen LogP contribution >= 0.6 is 38.6 Å². The molecule has 0 radical (unpaired) electrons. The van der Waals surface area contributed by atoms with E-state index in [-0.39, 0.29) is 0 Å². The average molecular weight is 326 g/mol. The van der Waals surface area contributed by atoms with E-state index in [9.17, 15) is 0 Å². The number of rotatable bonds is 3. The number of hydrogen-bond donors (Lipinski definition) is 1. The molecule has 0 saturated heterocycles. The van der Waals surface area contributed by atoms with Gasteiger partial charge in [0, 0.05) is 14.7 Å². The van der Waals surface area contributed by atoms with E-state index in [1.54, 1.807) is 29.0 Å². The van der Waals surface area contributed by atoms with Gasteiger partial charge in [0.25, 0.3) is 0 Å². The Morgan fingerprint density at radius 3 is 3.06 bits per heavy atom. The smallest absolute Gasteiger partial charge is 0.138 e. The molecule has 0 aliphatic rings. The van der Waals surface area contributed by atoms with Gasteiger partial charge in [-0.15, -0.1) is 22.7 Å². The highest BCUT2D eigenvalue weighted by molar-refractivity contribution is 9.10. The van der Waals surface area contributed by atoms with Crippen molar-refractivity contribution in [1.29, 1.82) is 0 Å². The van der Waals surface area contributed by atoms with Gasteiger partial charge in [0.15, 0.2) is 0 Å². The van der Waals surface area contributed by atoms with Crippen molar-refractivity contribution in [3.05, 3.63) is 38.6 Å². The molecule has 3 nitrogen and oxygen atoms in total. The molecule has 0 bridgehead atoms. The summed E-state index contributed by atoms with van der Waals surface area (Å²) in [5.74, 6) is 0.903. The van der Waals surface area contributed by atoms with E-state index in [1.165, 1.54) is 4.88 Å². The van der Waals surface area contributed by atoms with E-state index >= 15 is 0 Å². The zero-order chi connectivity index (χ0) is 11.7. The van der Waals surface area contributed by atoms with Crippen molar-refractivity contribution in [3.63, 3.8) is 0 Å². The first-order valence-electron chi connectivity index (χ1n) is 4.98. The van der Waals surface area contributed by atoms with Crippen molar-refractivity contribution in [2.75, 3.05) is 5.32 Å². The lowest BCUT2D eigenvalue weighted by Gasteiger charge is -2.04. The molecule has 0 aromatic carbocycles. The fourth-order valence-corrected chi connectivity index (χ4v) is 3.67. The molecule has 86 valence electrons. The van der Waals surface area contributed by atoms with E-state index in [2.05, 4.69) is 42.7 Å². The molecule has 0 unspecified atom stereocenters. The molecule has 0 fully saturated rings. The number of fused-ring (bicyclic) bond motifs is 1. The van der Waals surface area contributed by atoms with Gasteiger partial charge < -0.3 is 5.32 Å². The zero-order valence-corrected chi connectivity index (χ0v) is 11.9. The summed E-state index contributed by atoms with van der Waals surface area (Å²) < 4.78 is 1.13. The van der Waals surface area contributed by atoms with E-state index in [0.29, 0.717) is 0 Å². The molecule has 0 atom stereocenters. The summed E-state index contributed by atoms with van der Waals surface area (Å²) in [6, 6.07) is 4.16. The highest BCUT2D eigenvalue weighted by Gasteiger charge is 2.04. The number of thiophene rings is 2. The number of aromatic nitrogens is 2. The minimum Gasteiger partial charge on any atom is -0.365 e. The average Bonchev–Trinajstić information content (AvgIpc) is 2.94. The molecule has 3 heterocycles. The number of hydrogen-bond acceptors (Lipinski definition) is 5. The monoisotopic (exact) mass is 325 g/mol. The number of nitrogens with zero attached hydrogens (tertiary/aromatic N) is 2. The zero-order valence-electron chi connectivity index (χ0n) is 8.68. The van der Waals surface area contributed by atoms with Crippen LogP contribution in [0.2, 0.25) is 0 Å². The normalized spacial score (nSPS) is 10.9. The number of halogens is 1. The quantitative estimate of drug-likeness (QED) is 0.786. The molecule has 6 heteroatoms. The Bertz CT molecular complexity index is 647. The van der Waals surface area contributed by atoms with Gasteiger partial charge in [0.05, 0.1) is 11.9 Å². The van der Waals surface area contributed by atoms with Gasteiger partial charge in [-0.1, -0.05) is 0 Å². The van der Waals surface area contributed by atoms with Gasteiger partial charge >= 0.3 is 0 Å². The van der Waals surface area contributed by atoms with Crippen molar-refractivity contribution in [3.8, 4) is 0 Å². The number of anilines is 1. The Morgan fingerprint density at radius 1 is 1.29 bits per heavy atom. The molecule has 17 heavy (non-hydrogen) atoms. The van der Waals surface area contributed by atoms with Crippen LogP contribution in [0.15, 0.2) is 33.7 Å². The minimum absolute atomic E-state index is 0.790. The molecule has 0 aliphatic heterocycles. The maximum atomic E-state index is 4.28. The Labute approximate surface area is 115 Å². The van der Waals surface area contributed by atoms with Crippen LogP contribution in [0.5, 0.6) is 0 Å². The van der Waals surface area contributed by atoms with Gasteiger partial charge in [-0.25, -0.2) is 9.97 Å². The lowest BCUT2D eigenvalue weighted by Crippen LogP contribution is -2.00. The molecular formula is C11H8BrN3S2. The molecule has 3 aromatic rings. The van der Waals surface area contributed by atoms with Crippen molar-refractivity contribution in [2.24, 2.45) is 0 Å². The van der Waals surface area contributed by atoms with Crippen LogP contribution in [0.1, 0.15) is 4.88 Å². The summed E-state index contributed by atoms with van der Waals surface area (Å²) in [5.41, 5.74) is 0. The van der Waals surface area contributed by atoms with Crippen LogP contribution < -0.4 is 5.32 Å². The SMILES string of the molecule is Brc1csc(CNc2ncnc3sccc23)c1. The summed E-state index contributed by atoms with van der Waals surface area (Å²) >= 11 is 6.81. The molecule has 3 rings (SSSR count). The van der Waals surface area contributed by atoms with Gasteiger partial charge in [-0.05, 0) is 33.4 Å². The van der Waals surface area contributed by atoms with Crippen LogP contribution in [0, 0.1) is 0 Å². The maximum absolute atomic E-state index is 4.28. The highest BCUT2D eigenvalue weighted by atomic mass is 79.9. The first-order valence-corrected chi connectivity index (χ1v) is 7.53. The van der Waals surface area contributed by atoms with Crippen molar-refractivity contribution >= 4 is 54.6 Å². The third kappa shape index (κ3) is 2.34. The van der Waals surface area contributed by atoms with E-state index in [0.717, 1.165) is 27.1 Å². The molecule has 0 saturated carbocycles. The summed E-state index contributed by atoms with van der Waals surface area (Å²) in [7, 11) is 0. The van der Waals surface area contributed by atoms with Gasteiger partial charge in [-0.3, -0.25) is 0 Å². The van der Waals surface area contributed by atoms with Crippen LogP contribution in [0.25, 0.3) is 10.2 Å². The standard InChI is InChI=1S/C11H8BrN3S2/c12-7-3-8(17-5-7)4-13-10-9-1-2-16-11(9)15-6-14-10/h1-3,5-6H,4H2,(H,13,14,15). The van der Waals surface area contributed by atoms with Crippen LogP contribution in [0.3, 0.4) is 0 Å². The Morgan fingerprint density at radius 2 is 2.24 bits per heavy atom. The van der Waals surface area contributed by atoms with Crippen LogP contribution in [-0.4, -0.2) is 9.97 Å². The summed E-state index contributed by atoms with van der Waals surface area (Å²) in [5, 5.41) is 8.55. The predicted octanol–water partition coefficient (Wildman–Crippen LogP) is 4.13. The fraction of sp³-hybridized carbons (Fsp3) is 0.0909. The Kier molecular flexibility index (Phi) is 3.09. The molecular weight excluding hydrogens is 318 g/mol. The van der Waals surface area contributed by atoms with E-state index in [4.69, 9.17) is 0 Å². The topological polar surface area (TPSA) is 37.8 Å². The Balaban J connectivity index is 1.83. The third-order valence-electron chi connectivity index (χ3n) is 2.31. The third-order valence-corrected chi connectivity index (χ3v) is 4.83. The first kappa shape index (κ1) is 11.1. The lowest BCUT2D eigenvalue weighted by molar-refractivity contribution is 1.13. The minimum atomic E-state index is 0.790. The van der Waals surface area contributed by atoms with Crippen LogP contribution in [-0.2, 0) is 6.54 Å². The number of nitrogens with one attached hydrogen (secondary N) is 1. The maximum Gasteiger partial charge on any atom is 0.138 e. The summed E-state index contributed by atoms with van der Waals surface area (Å²) in [6.07, 6.45) is 1.60. The van der Waals surface area contributed by atoms with Gasteiger partial charge in [0.2, 0.25) is 0 Å². The molecule has 3 aromatic heterocycles. The van der Waals surface area contributed by atoms with E-state index in [1.807, 2.05) is 11.4 Å². The fourth-order valence-electron chi connectivity index (χ4n) is 1.55. The van der Waals surface area contributed by atoms with Crippen molar-refractivity contribution in [1.82, 2.24) is 9.97 Å². The lowest BCUT2D eigenvalue weighted by atomic mass is 10.3. The van der Waals surface area contributed by atoms with Crippen LogP contribution in [0.4, 0.5) is 5.82 Å². The molecule has 0 spiro atoms. The predicted molar refractivity (Wildman–Crippen MR) is 76.8 cm³/mol. The van der Waals surface area contributed by atoms with Gasteiger partial charge in [-0.2, -0.15) is 0 Å². The second-order valence-electron chi connectivity index (χ2n) is 3.45. The largest absolute Gasteiger partial charge is 0.365 e. The molecule has 1 N–H and O–H groups in total. The highest BCUT2D eigenvalue weighted by Crippen LogP contribution is 2.25. The van der Waals surface area contributed by atoms with Crippen molar-refractivity contribution in [2.45, 2.75) is 6.54 Å². The van der Waals surface area contributed by atoms with E-state index < -0.39 is 0 Å². The first-order chi connectivity index (χ1) is 8.33. The van der Waals surface area contributed by atoms with Crippen molar-refractivity contribution < 1.29 is 0 Å². The summed E-state index contributed by atoms with van der Waals surface area (Å²) in [6.45, 7) is 0.790. The second-order valence-corrected chi connectivity index (χ2v) is 6.25. The molecule has 0 amide bonds. The molecule has 0 aliphatic carbocycles. The van der Waals surface area contributed by atoms with Gasteiger partial charge in [0.1, 0.15) is 17.0 Å². The Hall–Kier alpha value is -0.980. The summed E-state index contributed by atoms with van der Waals surface area (Å²) in [4.78, 5) is 10.8. The second kappa shape index (κ2) is 4.72.